The van der Waals surface area contributed by atoms with Crippen molar-refractivity contribution < 1.29 is 14.3 Å². The van der Waals surface area contributed by atoms with Crippen LogP contribution in [0.4, 0.5) is 0 Å². The molecule has 0 bridgehead atoms. The number of nitrogens with zero attached hydrogens (tertiary/aromatic N) is 1. The molecule has 0 N–H and O–H groups in total. The highest BCUT2D eigenvalue weighted by Gasteiger charge is 2.41. The van der Waals surface area contributed by atoms with Gasteiger partial charge >= 0.3 is 5.97 Å². The van der Waals surface area contributed by atoms with Gasteiger partial charge in [0.2, 0.25) is 0 Å². The van der Waals surface area contributed by atoms with Crippen molar-refractivity contribution >= 4 is 5.97 Å². The highest BCUT2D eigenvalue weighted by molar-refractivity contribution is 5.80. The van der Waals surface area contributed by atoms with Crippen LogP contribution < -0.4 is 0 Å². The molecule has 0 amide bonds. The Hall–Kier alpha value is -1.08. The minimum Gasteiger partial charge on any atom is -0.464 e. The van der Waals surface area contributed by atoms with E-state index in [-0.39, 0.29) is 5.97 Å². The summed E-state index contributed by atoms with van der Waals surface area (Å²) in [5.41, 5.74) is -0.870. The van der Waals surface area contributed by atoms with E-state index in [9.17, 15) is 4.79 Å². The number of rotatable bonds is 5. The molecule has 16 heavy (non-hydrogen) atoms. The Morgan fingerprint density at radius 2 is 2.00 bits per heavy atom. The summed E-state index contributed by atoms with van der Waals surface area (Å²) >= 11 is 0. The Morgan fingerprint density at radius 1 is 1.31 bits per heavy atom. The largest absolute Gasteiger partial charge is 0.464 e. The molecular formula is C12H19NO3. The summed E-state index contributed by atoms with van der Waals surface area (Å²) in [7, 11) is 1.61. The van der Waals surface area contributed by atoms with Crippen molar-refractivity contribution in [3.63, 3.8) is 0 Å². The molecule has 4 nitrogen and oxygen atoms in total. The molecule has 0 spiro atoms. The van der Waals surface area contributed by atoms with Gasteiger partial charge in [-0.25, -0.2) is 0 Å². The van der Waals surface area contributed by atoms with Gasteiger partial charge in [-0.3, -0.25) is 4.79 Å². The lowest BCUT2D eigenvalue weighted by Crippen LogP contribution is -2.34. The average molecular weight is 225 g/mol. The lowest BCUT2D eigenvalue weighted by molar-refractivity contribution is -0.154. The van der Waals surface area contributed by atoms with Gasteiger partial charge in [-0.15, -0.1) is 0 Å². The maximum atomic E-state index is 11.8. The molecule has 1 aliphatic rings. The van der Waals surface area contributed by atoms with E-state index in [2.05, 4.69) is 6.07 Å². The summed E-state index contributed by atoms with van der Waals surface area (Å²) in [4.78, 5) is 11.8. The summed E-state index contributed by atoms with van der Waals surface area (Å²) in [6, 6.07) is 2.15. The van der Waals surface area contributed by atoms with Crippen LogP contribution in [0, 0.1) is 16.7 Å². The highest BCUT2D eigenvalue weighted by Crippen LogP contribution is 2.36. The number of methoxy groups -OCH3 is 1. The van der Waals surface area contributed by atoms with Crippen LogP contribution >= 0.6 is 0 Å². The van der Waals surface area contributed by atoms with Crippen molar-refractivity contribution in [3.05, 3.63) is 0 Å². The summed E-state index contributed by atoms with van der Waals surface area (Å²) in [6.45, 7) is 0.920. The zero-order valence-electron chi connectivity index (χ0n) is 9.83. The number of hydrogen-bond acceptors (Lipinski definition) is 4. The van der Waals surface area contributed by atoms with Gasteiger partial charge in [0.25, 0.3) is 0 Å². The summed E-state index contributed by atoms with van der Waals surface area (Å²) in [5.74, 6) is -0.342. The second kappa shape index (κ2) is 6.49. The fourth-order valence-electron chi connectivity index (χ4n) is 2.02. The molecule has 1 aliphatic carbocycles. The first kappa shape index (κ1) is 13.0. The molecule has 4 heteroatoms. The molecule has 0 unspecified atom stereocenters. The maximum Gasteiger partial charge on any atom is 0.326 e. The monoisotopic (exact) mass is 225 g/mol. The number of carbonyl (C=O) groups excluding carboxylic acids is 1. The Balaban J connectivity index is 2.40. The topological polar surface area (TPSA) is 59.3 Å². The van der Waals surface area contributed by atoms with Crippen molar-refractivity contribution in [2.45, 2.75) is 38.5 Å². The molecule has 1 saturated carbocycles. The van der Waals surface area contributed by atoms with Crippen molar-refractivity contribution in [1.82, 2.24) is 0 Å². The lowest BCUT2D eigenvalue weighted by atomic mass is 9.75. The van der Waals surface area contributed by atoms with E-state index in [1.165, 1.54) is 0 Å². The van der Waals surface area contributed by atoms with E-state index in [1.807, 2.05) is 0 Å². The lowest BCUT2D eigenvalue weighted by Gasteiger charge is -2.28. The van der Waals surface area contributed by atoms with Crippen LogP contribution in [0.2, 0.25) is 0 Å². The fourth-order valence-corrected chi connectivity index (χ4v) is 2.02. The molecule has 1 rings (SSSR count). The first-order chi connectivity index (χ1) is 7.75. The van der Waals surface area contributed by atoms with Gasteiger partial charge in [0, 0.05) is 20.1 Å². The van der Waals surface area contributed by atoms with E-state index in [0.717, 1.165) is 19.3 Å². The molecule has 0 heterocycles. The molecule has 0 aromatic rings. The molecule has 0 radical (unpaired) electrons. The van der Waals surface area contributed by atoms with Crippen molar-refractivity contribution in [1.29, 1.82) is 5.26 Å². The van der Waals surface area contributed by atoms with Gasteiger partial charge in [-0.05, 0) is 12.8 Å². The van der Waals surface area contributed by atoms with E-state index >= 15 is 0 Å². The van der Waals surface area contributed by atoms with E-state index < -0.39 is 5.41 Å². The Morgan fingerprint density at radius 3 is 2.56 bits per heavy atom. The number of hydrogen-bond donors (Lipinski definition) is 0. The van der Waals surface area contributed by atoms with Gasteiger partial charge in [-0.1, -0.05) is 19.3 Å². The predicted molar refractivity (Wildman–Crippen MR) is 58.6 cm³/mol. The molecule has 90 valence electrons. The minimum absolute atomic E-state index is 0.342. The number of esters is 1. The van der Waals surface area contributed by atoms with Crippen LogP contribution in [-0.4, -0.2) is 26.3 Å². The maximum absolute atomic E-state index is 11.8. The third kappa shape index (κ3) is 3.21. The third-order valence-electron chi connectivity index (χ3n) is 3.04. The second-order valence-electron chi connectivity index (χ2n) is 4.24. The first-order valence-electron chi connectivity index (χ1n) is 5.82. The van der Waals surface area contributed by atoms with E-state index in [0.29, 0.717) is 32.5 Å². The summed E-state index contributed by atoms with van der Waals surface area (Å²) < 4.78 is 10.0. The molecule has 0 aliphatic heterocycles. The first-order valence-corrected chi connectivity index (χ1v) is 5.82. The Labute approximate surface area is 96.5 Å². The third-order valence-corrected chi connectivity index (χ3v) is 3.04. The average Bonchev–Trinajstić information content (AvgIpc) is 2.35. The smallest absolute Gasteiger partial charge is 0.326 e. The highest BCUT2D eigenvalue weighted by atomic mass is 16.5. The van der Waals surface area contributed by atoms with Gasteiger partial charge < -0.3 is 9.47 Å². The zero-order valence-corrected chi connectivity index (χ0v) is 9.83. The predicted octanol–water partition coefficient (Wildman–Crippen LogP) is 2.04. The number of ether oxygens (including phenoxy) is 2. The van der Waals surface area contributed by atoms with Crippen molar-refractivity contribution in [2.75, 3.05) is 20.3 Å². The normalized spacial score (nSPS) is 18.8. The number of carbonyl (C=O) groups is 1. The number of nitriles is 1. The fraction of sp³-hybridized carbons (Fsp3) is 0.833. The Kier molecular flexibility index (Phi) is 5.27. The Bertz CT molecular complexity index is 264. The van der Waals surface area contributed by atoms with Crippen LogP contribution in [0.3, 0.4) is 0 Å². The van der Waals surface area contributed by atoms with Gasteiger partial charge in [0.15, 0.2) is 5.41 Å². The van der Waals surface area contributed by atoms with Crippen LogP contribution in [0.25, 0.3) is 0 Å². The van der Waals surface area contributed by atoms with Crippen molar-refractivity contribution in [2.24, 2.45) is 5.41 Å². The van der Waals surface area contributed by atoms with Crippen LogP contribution in [0.5, 0.6) is 0 Å². The molecule has 0 atom stereocenters. The molecule has 1 fully saturated rings. The molecule has 0 saturated heterocycles. The van der Waals surface area contributed by atoms with Crippen molar-refractivity contribution in [3.8, 4) is 6.07 Å². The summed E-state index contributed by atoms with van der Waals surface area (Å²) in [6.07, 6.45) is 4.98. The quantitative estimate of drug-likeness (QED) is 0.530. The van der Waals surface area contributed by atoms with Gasteiger partial charge in [0.05, 0.1) is 12.7 Å². The summed E-state index contributed by atoms with van der Waals surface area (Å²) in [5, 5.41) is 9.14. The van der Waals surface area contributed by atoms with Gasteiger partial charge in [0.1, 0.15) is 0 Å². The van der Waals surface area contributed by atoms with Crippen LogP contribution in [0.1, 0.15) is 38.5 Å². The molecule has 0 aromatic heterocycles. The SMILES string of the molecule is COCCCOC(=O)C1(C#N)CCCCC1. The van der Waals surface area contributed by atoms with E-state index in [4.69, 9.17) is 14.7 Å². The zero-order chi connectivity index (χ0) is 11.9. The van der Waals surface area contributed by atoms with Crippen LogP contribution in [0.15, 0.2) is 0 Å². The van der Waals surface area contributed by atoms with E-state index in [1.54, 1.807) is 7.11 Å². The minimum atomic E-state index is -0.870. The van der Waals surface area contributed by atoms with Crippen LogP contribution in [-0.2, 0) is 14.3 Å². The van der Waals surface area contributed by atoms with Gasteiger partial charge in [-0.2, -0.15) is 5.26 Å². The molecule has 0 aromatic carbocycles. The molecular weight excluding hydrogens is 206 g/mol. The standard InChI is InChI=1S/C12H19NO3/c1-15-8-5-9-16-11(14)12(10-13)6-3-2-4-7-12/h2-9H2,1H3. The second-order valence-corrected chi connectivity index (χ2v) is 4.24.